The van der Waals surface area contributed by atoms with E-state index in [1.165, 1.54) is 16.3 Å². The minimum Gasteiger partial charge on any atom is -0.192 e. The van der Waals surface area contributed by atoms with Crippen molar-refractivity contribution in [1.82, 2.24) is 0 Å². The standard InChI is InChI=1S/C15H11N/c16-10-13-6-3-5-12-9-8-11-4-1-2-7-14(11)15(12)13/h1-2,4,6-9H,3,5H2. The zero-order valence-electron chi connectivity index (χ0n) is 8.90. The van der Waals surface area contributed by atoms with E-state index in [1.807, 2.05) is 12.1 Å². The highest BCUT2D eigenvalue weighted by molar-refractivity contribution is 5.98. The summed E-state index contributed by atoms with van der Waals surface area (Å²) in [4.78, 5) is 0. The molecule has 0 aliphatic heterocycles. The summed E-state index contributed by atoms with van der Waals surface area (Å²) in [5.41, 5.74) is 3.28. The Labute approximate surface area is 94.6 Å². The Morgan fingerprint density at radius 2 is 1.94 bits per heavy atom. The fraction of sp³-hybridized carbons (Fsp3) is 0.133. The summed E-state index contributed by atoms with van der Waals surface area (Å²) in [7, 11) is 0. The van der Waals surface area contributed by atoms with Crippen molar-refractivity contribution in [3.63, 3.8) is 0 Å². The SMILES string of the molecule is N#CC1=CCCc2ccc3ccccc3c21. The van der Waals surface area contributed by atoms with Gasteiger partial charge in [-0.3, -0.25) is 0 Å². The zero-order chi connectivity index (χ0) is 11.0. The molecule has 0 bridgehead atoms. The number of nitrogens with zero attached hydrogens (tertiary/aromatic N) is 1. The molecule has 3 rings (SSSR count). The highest BCUT2D eigenvalue weighted by atomic mass is 14.3. The van der Waals surface area contributed by atoms with Crippen molar-refractivity contribution in [2.75, 3.05) is 0 Å². The summed E-state index contributed by atoms with van der Waals surface area (Å²) < 4.78 is 0. The average Bonchev–Trinajstić information content (AvgIpc) is 2.37. The Morgan fingerprint density at radius 1 is 1.06 bits per heavy atom. The molecule has 0 aromatic heterocycles. The van der Waals surface area contributed by atoms with Crippen LogP contribution < -0.4 is 0 Å². The van der Waals surface area contributed by atoms with Gasteiger partial charge < -0.3 is 0 Å². The number of fused-ring (bicyclic) bond motifs is 3. The zero-order valence-corrected chi connectivity index (χ0v) is 8.90. The Morgan fingerprint density at radius 3 is 2.81 bits per heavy atom. The molecule has 0 N–H and O–H groups in total. The van der Waals surface area contributed by atoms with Gasteiger partial charge in [0.05, 0.1) is 11.6 Å². The minimum atomic E-state index is 0.832. The second-order valence-electron chi connectivity index (χ2n) is 4.09. The van der Waals surface area contributed by atoms with Gasteiger partial charge in [0.15, 0.2) is 0 Å². The second-order valence-corrected chi connectivity index (χ2v) is 4.09. The summed E-state index contributed by atoms with van der Waals surface area (Å²) in [5, 5.41) is 11.6. The Bertz CT molecular complexity index is 629. The fourth-order valence-corrected chi connectivity index (χ4v) is 2.42. The van der Waals surface area contributed by atoms with Crippen molar-refractivity contribution in [3.8, 4) is 6.07 Å². The predicted octanol–water partition coefficient (Wildman–Crippen LogP) is 3.69. The van der Waals surface area contributed by atoms with Crippen LogP contribution in [0, 0.1) is 11.3 Å². The van der Waals surface area contributed by atoms with E-state index in [0.29, 0.717) is 0 Å². The van der Waals surface area contributed by atoms with Gasteiger partial charge in [-0.25, -0.2) is 0 Å². The van der Waals surface area contributed by atoms with Crippen LogP contribution in [0.5, 0.6) is 0 Å². The normalized spacial score (nSPS) is 14.1. The molecule has 1 nitrogen and oxygen atoms in total. The lowest BCUT2D eigenvalue weighted by molar-refractivity contribution is 0.984. The average molecular weight is 205 g/mol. The highest BCUT2D eigenvalue weighted by Crippen LogP contribution is 2.32. The molecule has 0 saturated heterocycles. The Kier molecular flexibility index (Phi) is 2.01. The van der Waals surface area contributed by atoms with Crippen LogP contribution in [0.2, 0.25) is 0 Å². The van der Waals surface area contributed by atoms with Crippen molar-refractivity contribution in [2.45, 2.75) is 12.8 Å². The lowest BCUT2D eigenvalue weighted by atomic mass is 9.87. The fourth-order valence-electron chi connectivity index (χ4n) is 2.42. The first-order valence-electron chi connectivity index (χ1n) is 5.51. The molecule has 0 unspecified atom stereocenters. The number of hydrogen-bond acceptors (Lipinski definition) is 1. The molecule has 0 saturated carbocycles. The van der Waals surface area contributed by atoms with E-state index in [9.17, 15) is 5.26 Å². The van der Waals surface area contributed by atoms with Gasteiger partial charge in [-0.2, -0.15) is 5.26 Å². The monoisotopic (exact) mass is 205 g/mol. The molecular formula is C15H11N. The minimum absolute atomic E-state index is 0.832. The molecule has 16 heavy (non-hydrogen) atoms. The number of benzene rings is 2. The van der Waals surface area contributed by atoms with E-state index >= 15 is 0 Å². The van der Waals surface area contributed by atoms with Crippen LogP contribution in [0.25, 0.3) is 16.3 Å². The molecule has 0 amide bonds. The van der Waals surface area contributed by atoms with Gasteiger partial charge in [0.25, 0.3) is 0 Å². The van der Waals surface area contributed by atoms with E-state index in [0.717, 1.165) is 24.0 Å². The highest BCUT2D eigenvalue weighted by Gasteiger charge is 2.14. The van der Waals surface area contributed by atoms with Crippen molar-refractivity contribution in [3.05, 3.63) is 53.6 Å². The summed E-state index contributed by atoms with van der Waals surface area (Å²) >= 11 is 0. The molecule has 0 radical (unpaired) electrons. The van der Waals surface area contributed by atoms with Crippen LogP contribution in [0.15, 0.2) is 42.5 Å². The molecule has 2 aromatic rings. The van der Waals surface area contributed by atoms with Crippen LogP contribution in [0.3, 0.4) is 0 Å². The maximum Gasteiger partial charge on any atom is 0.0994 e. The number of hydrogen-bond donors (Lipinski definition) is 0. The third kappa shape index (κ3) is 1.24. The summed E-state index contributed by atoms with van der Waals surface area (Å²) in [6.07, 6.45) is 4.08. The van der Waals surface area contributed by atoms with Gasteiger partial charge in [-0.15, -0.1) is 0 Å². The smallest absolute Gasteiger partial charge is 0.0994 e. The topological polar surface area (TPSA) is 23.8 Å². The van der Waals surface area contributed by atoms with E-state index in [2.05, 4.69) is 36.4 Å². The molecule has 1 heteroatoms. The predicted molar refractivity (Wildman–Crippen MR) is 65.9 cm³/mol. The largest absolute Gasteiger partial charge is 0.192 e. The van der Waals surface area contributed by atoms with Gasteiger partial charge in [0.2, 0.25) is 0 Å². The third-order valence-corrected chi connectivity index (χ3v) is 3.17. The molecule has 1 aliphatic rings. The first kappa shape index (κ1) is 9.18. The van der Waals surface area contributed by atoms with E-state index in [4.69, 9.17) is 0 Å². The van der Waals surface area contributed by atoms with Gasteiger partial charge in [-0.05, 0) is 29.2 Å². The van der Waals surface area contributed by atoms with Crippen molar-refractivity contribution < 1.29 is 0 Å². The number of allylic oxidation sites excluding steroid dienone is 2. The van der Waals surface area contributed by atoms with E-state index in [-0.39, 0.29) is 0 Å². The van der Waals surface area contributed by atoms with Crippen molar-refractivity contribution in [1.29, 1.82) is 5.26 Å². The third-order valence-electron chi connectivity index (χ3n) is 3.17. The molecule has 0 spiro atoms. The Hall–Kier alpha value is -2.07. The van der Waals surface area contributed by atoms with Crippen LogP contribution >= 0.6 is 0 Å². The van der Waals surface area contributed by atoms with Crippen molar-refractivity contribution in [2.24, 2.45) is 0 Å². The molecular weight excluding hydrogens is 194 g/mol. The lowest BCUT2D eigenvalue weighted by Gasteiger charge is -2.15. The molecule has 0 fully saturated rings. The van der Waals surface area contributed by atoms with Crippen LogP contribution in [0.1, 0.15) is 17.5 Å². The van der Waals surface area contributed by atoms with E-state index < -0.39 is 0 Å². The van der Waals surface area contributed by atoms with Crippen LogP contribution in [-0.2, 0) is 6.42 Å². The van der Waals surface area contributed by atoms with Gasteiger partial charge in [0.1, 0.15) is 0 Å². The van der Waals surface area contributed by atoms with Gasteiger partial charge >= 0.3 is 0 Å². The maximum absolute atomic E-state index is 9.18. The van der Waals surface area contributed by atoms with E-state index in [1.54, 1.807) is 0 Å². The van der Waals surface area contributed by atoms with Crippen LogP contribution in [0.4, 0.5) is 0 Å². The van der Waals surface area contributed by atoms with Gasteiger partial charge in [0, 0.05) is 5.56 Å². The molecule has 76 valence electrons. The van der Waals surface area contributed by atoms with Crippen LogP contribution in [-0.4, -0.2) is 0 Å². The number of nitriles is 1. The molecule has 2 aromatic carbocycles. The quantitative estimate of drug-likeness (QED) is 0.643. The number of rotatable bonds is 0. The summed E-state index contributed by atoms with van der Waals surface area (Å²) in [6, 6.07) is 14.9. The van der Waals surface area contributed by atoms with Crippen molar-refractivity contribution >= 4 is 16.3 Å². The Balaban J connectivity index is 2.42. The van der Waals surface area contributed by atoms with Gasteiger partial charge in [-0.1, -0.05) is 42.5 Å². The lowest BCUT2D eigenvalue weighted by Crippen LogP contribution is -1.99. The molecule has 0 heterocycles. The first-order valence-corrected chi connectivity index (χ1v) is 5.51. The summed E-state index contributed by atoms with van der Waals surface area (Å²) in [6.45, 7) is 0. The first-order chi connectivity index (χ1) is 7.90. The summed E-state index contributed by atoms with van der Waals surface area (Å²) in [5.74, 6) is 0. The molecule has 1 aliphatic carbocycles. The number of aryl methyl sites for hydroxylation is 1. The molecule has 0 atom stereocenters. The second kappa shape index (κ2) is 3.50. The maximum atomic E-state index is 9.18.